The van der Waals surface area contributed by atoms with Crippen molar-refractivity contribution in [2.24, 2.45) is 5.92 Å². The smallest absolute Gasteiger partial charge is 0.325 e. The quantitative estimate of drug-likeness (QED) is 0.151. The number of hydrogen-bond donors (Lipinski definition) is 4. The molecule has 10 heteroatoms. The Balaban J connectivity index is 1.48. The zero-order chi connectivity index (χ0) is 29.1. The number of aliphatic carboxylic acids is 1. The molecule has 0 aromatic heterocycles. The number of amides is 3. The van der Waals surface area contributed by atoms with Crippen LogP contribution in [0, 0.1) is 5.92 Å². The molecule has 1 aliphatic rings. The monoisotopic (exact) mass is 552 g/mol. The Morgan fingerprint density at radius 1 is 0.900 bits per heavy atom. The highest BCUT2D eigenvalue weighted by Crippen LogP contribution is 2.28. The lowest BCUT2D eigenvalue weighted by molar-refractivity contribution is -0.151. The van der Waals surface area contributed by atoms with Crippen LogP contribution in [-0.4, -0.2) is 71.2 Å². The third-order valence-corrected chi connectivity index (χ3v) is 6.74. The van der Waals surface area contributed by atoms with Crippen LogP contribution in [0.4, 0.5) is 0 Å². The van der Waals surface area contributed by atoms with Crippen LogP contribution < -0.4 is 16.1 Å². The Morgan fingerprint density at radius 2 is 1.50 bits per heavy atom. The van der Waals surface area contributed by atoms with Gasteiger partial charge in [0.05, 0.1) is 12.1 Å². The highest BCUT2D eigenvalue weighted by Gasteiger charge is 2.47. The van der Waals surface area contributed by atoms with E-state index in [-0.39, 0.29) is 17.9 Å². The second-order valence-electron chi connectivity index (χ2n) is 10.4. The van der Waals surface area contributed by atoms with Crippen LogP contribution in [0.15, 0.2) is 60.7 Å². The Hall–Kier alpha value is -3.76. The lowest BCUT2D eigenvalue weighted by Crippen LogP contribution is -2.58. The first kappa shape index (κ1) is 30.8. The molecule has 2 aromatic rings. The van der Waals surface area contributed by atoms with Crippen LogP contribution in [0.5, 0.6) is 0 Å². The summed E-state index contributed by atoms with van der Waals surface area (Å²) in [5, 5.41) is 16.0. The third kappa shape index (κ3) is 9.77. The minimum atomic E-state index is -1.29. The fourth-order valence-electron chi connectivity index (χ4n) is 4.42. The van der Waals surface area contributed by atoms with E-state index in [4.69, 9.17) is 4.74 Å². The number of benzene rings is 2. The van der Waals surface area contributed by atoms with Gasteiger partial charge in [-0.1, -0.05) is 74.5 Å². The lowest BCUT2D eigenvalue weighted by Gasteiger charge is -2.26. The number of hydrazine groups is 1. The molecule has 10 nitrogen and oxygen atoms in total. The molecule has 1 saturated heterocycles. The van der Waals surface area contributed by atoms with Crippen molar-refractivity contribution in [1.82, 2.24) is 21.1 Å². The van der Waals surface area contributed by atoms with Crippen LogP contribution in [0.2, 0.25) is 0 Å². The van der Waals surface area contributed by atoms with E-state index in [1.54, 1.807) is 0 Å². The maximum Gasteiger partial charge on any atom is 0.325 e. The van der Waals surface area contributed by atoms with Crippen LogP contribution in [0.3, 0.4) is 0 Å². The summed E-state index contributed by atoms with van der Waals surface area (Å²) in [4.78, 5) is 50.1. The van der Waals surface area contributed by atoms with E-state index in [9.17, 15) is 24.3 Å². The van der Waals surface area contributed by atoms with E-state index in [1.165, 1.54) is 12.5 Å². The zero-order valence-corrected chi connectivity index (χ0v) is 23.3. The molecule has 2 aromatic carbocycles. The number of carboxylic acid groups (broad SMARTS) is 1. The molecule has 1 fully saturated rings. The molecule has 0 radical (unpaired) electrons. The number of nitrogens with one attached hydrogen (secondary N) is 3. The fourth-order valence-corrected chi connectivity index (χ4v) is 4.42. The number of epoxide rings is 1. The minimum Gasteiger partial charge on any atom is -0.480 e. The van der Waals surface area contributed by atoms with Crippen molar-refractivity contribution in [3.8, 4) is 0 Å². The number of nitrogens with zero attached hydrogens (tertiary/aromatic N) is 1. The first-order valence-corrected chi connectivity index (χ1v) is 13.8. The van der Waals surface area contributed by atoms with Crippen molar-refractivity contribution in [3.05, 3.63) is 71.8 Å². The van der Waals surface area contributed by atoms with Gasteiger partial charge < -0.3 is 20.5 Å². The summed E-state index contributed by atoms with van der Waals surface area (Å²) in [5.74, 6) is -2.99. The van der Waals surface area contributed by atoms with Gasteiger partial charge in [-0.05, 0) is 56.2 Å². The van der Waals surface area contributed by atoms with Gasteiger partial charge in [-0.25, -0.2) is 5.01 Å². The minimum absolute atomic E-state index is 0.0306. The molecule has 4 atom stereocenters. The molecule has 0 spiro atoms. The molecule has 216 valence electrons. The summed E-state index contributed by atoms with van der Waals surface area (Å²) < 4.78 is 5.49. The summed E-state index contributed by atoms with van der Waals surface area (Å²) >= 11 is 0. The van der Waals surface area contributed by atoms with Crippen molar-refractivity contribution in [2.45, 2.75) is 70.7 Å². The molecular weight excluding hydrogens is 512 g/mol. The predicted molar refractivity (Wildman–Crippen MR) is 150 cm³/mol. The topological polar surface area (TPSA) is 140 Å². The van der Waals surface area contributed by atoms with Gasteiger partial charge in [0.1, 0.15) is 12.6 Å². The Bertz CT molecular complexity index is 1130. The highest BCUT2D eigenvalue weighted by molar-refractivity contribution is 5.92. The predicted octanol–water partition coefficient (Wildman–Crippen LogP) is 2.08. The van der Waals surface area contributed by atoms with Gasteiger partial charge >= 0.3 is 5.97 Å². The summed E-state index contributed by atoms with van der Waals surface area (Å²) in [7, 11) is 0. The molecular formula is C30H40N4O6. The lowest BCUT2D eigenvalue weighted by atomic mass is 10.0. The molecule has 40 heavy (non-hydrogen) atoms. The van der Waals surface area contributed by atoms with Gasteiger partial charge in [0.15, 0.2) is 6.10 Å². The average molecular weight is 553 g/mol. The van der Waals surface area contributed by atoms with E-state index in [0.29, 0.717) is 19.4 Å². The molecule has 3 rings (SSSR count). The van der Waals surface area contributed by atoms with Crippen molar-refractivity contribution in [3.63, 3.8) is 0 Å². The molecule has 0 unspecified atom stereocenters. The maximum atomic E-state index is 13.0. The molecule has 0 bridgehead atoms. The van der Waals surface area contributed by atoms with E-state index in [1.807, 2.05) is 62.4 Å². The molecule has 1 heterocycles. The molecule has 0 aliphatic carbocycles. The second kappa shape index (κ2) is 15.1. The normalized spacial score (nSPS) is 17.5. The fraction of sp³-hybridized carbons (Fsp3) is 0.467. The number of carboxylic acids is 1. The number of carbonyl (C=O) groups excluding carboxylic acids is 3. The third-order valence-electron chi connectivity index (χ3n) is 6.74. The van der Waals surface area contributed by atoms with Crippen LogP contribution in [0.1, 0.15) is 44.7 Å². The molecule has 0 saturated carbocycles. The molecule has 4 N–H and O–H groups in total. The Labute approximate surface area is 235 Å². The van der Waals surface area contributed by atoms with Crippen LogP contribution >= 0.6 is 0 Å². The molecule has 3 amide bonds. The number of aryl methyl sites for hydroxylation is 2. The van der Waals surface area contributed by atoms with E-state index < -0.39 is 42.5 Å². The van der Waals surface area contributed by atoms with E-state index >= 15 is 0 Å². The zero-order valence-electron chi connectivity index (χ0n) is 23.3. The summed E-state index contributed by atoms with van der Waals surface area (Å²) in [6.45, 7) is 5.21. The van der Waals surface area contributed by atoms with Gasteiger partial charge in [-0.3, -0.25) is 24.6 Å². The van der Waals surface area contributed by atoms with Crippen LogP contribution in [-0.2, 0) is 36.8 Å². The van der Waals surface area contributed by atoms with E-state index in [0.717, 1.165) is 23.4 Å². The van der Waals surface area contributed by atoms with Crippen molar-refractivity contribution < 1.29 is 29.0 Å². The summed E-state index contributed by atoms with van der Waals surface area (Å²) in [6, 6.07) is 18.3. The number of hydrogen-bond acceptors (Lipinski definition) is 6. The largest absolute Gasteiger partial charge is 0.480 e. The van der Waals surface area contributed by atoms with Crippen molar-refractivity contribution in [2.75, 3.05) is 13.1 Å². The van der Waals surface area contributed by atoms with Gasteiger partial charge in [-0.15, -0.1) is 0 Å². The van der Waals surface area contributed by atoms with Gasteiger partial charge in [0.25, 0.3) is 11.8 Å². The van der Waals surface area contributed by atoms with Gasteiger partial charge in [-0.2, -0.15) is 0 Å². The van der Waals surface area contributed by atoms with E-state index in [2.05, 4.69) is 28.2 Å². The number of ether oxygens (including phenoxy) is 1. The average Bonchev–Trinajstić information content (AvgIpc) is 3.71. The summed E-state index contributed by atoms with van der Waals surface area (Å²) in [6.07, 6.45) is 1.86. The molecule has 1 aliphatic heterocycles. The van der Waals surface area contributed by atoms with Crippen LogP contribution in [0.25, 0.3) is 0 Å². The van der Waals surface area contributed by atoms with Gasteiger partial charge in [0, 0.05) is 0 Å². The van der Waals surface area contributed by atoms with Crippen molar-refractivity contribution >= 4 is 23.7 Å². The second-order valence-corrected chi connectivity index (χ2v) is 10.4. The Morgan fingerprint density at radius 3 is 2.08 bits per heavy atom. The summed E-state index contributed by atoms with van der Waals surface area (Å²) in [5.41, 5.74) is 4.68. The highest BCUT2D eigenvalue weighted by atomic mass is 16.6. The number of rotatable bonds is 15. The van der Waals surface area contributed by atoms with Gasteiger partial charge in [0.2, 0.25) is 5.91 Å². The number of carbonyl (C=O) groups is 4. The standard InChI is InChI=1S/C30H40N4O6/c1-20(2)26(31-18-10-15-22-11-6-4-7-12-22)29(38)32-21(3)28(37)33-34(19-25(35)36)30(39)27-24(40-27)17-16-23-13-8-5-9-14-23/h4-9,11-14,20-21,24,26-27,31H,10,15-19H2,1-3H3,(H,32,38)(H,33,37)(H,35,36)/t21-,24-,26-,27+/m0/s1. The SMILES string of the molecule is CC(C)[C@H](NCCCc1ccccc1)C(=O)N[C@@H](C)C(=O)NN(CC(=O)O)C(=O)[C@@H]1O[C@H]1CCc1ccccc1. The Kier molecular flexibility index (Phi) is 11.6. The first-order valence-electron chi connectivity index (χ1n) is 13.8. The maximum absolute atomic E-state index is 13.0. The first-order chi connectivity index (χ1) is 19.2. The van der Waals surface area contributed by atoms with Crippen molar-refractivity contribution in [1.29, 1.82) is 0 Å².